The average Bonchev–Trinajstić information content (AvgIpc) is 3.60. The summed E-state index contributed by atoms with van der Waals surface area (Å²) in [5.41, 5.74) is 4.47. The van der Waals surface area contributed by atoms with Crippen LogP contribution in [0.5, 0.6) is 17.2 Å². The zero-order valence-corrected chi connectivity index (χ0v) is 25.2. The molecule has 0 aliphatic carbocycles. The summed E-state index contributed by atoms with van der Waals surface area (Å²) in [5.74, 6) is 0.647. The van der Waals surface area contributed by atoms with Crippen molar-refractivity contribution in [1.29, 1.82) is 0 Å². The van der Waals surface area contributed by atoms with Gasteiger partial charge in [0.25, 0.3) is 0 Å². The number of carbonyl (C=O) groups excluding carboxylic acids is 2. The Morgan fingerprint density at radius 3 is 2.60 bits per heavy atom. The first-order chi connectivity index (χ1) is 21.7. The molecule has 13 heteroatoms. The molecule has 0 saturated heterocycles. The van der Waals surface area contributed by atoms with Gasteiger partial charge in [-0.3, -0.25) is 19.1 Å². The Hall–Kier alpha value is -5.36. The number of aliphatic imine (C=N–C) groups is 1. The van der Waals surface area contributed by atoms with Crippen molar-refractivity contribution in [1.82, 2.24) is 30.4 Å². The minimum absolute atomic E-state index is 0.0704. The molecule has 45 heavy (non-hydrogen) atoms. The summed E-state index contributed by atoms with van der Waals surface area (Å²) in [4.78, 5) is 33.9. The van der Waals surface area contributed by atoms with Crippen molar-refractivity contribution >= 4 is 40.0 Å². The van der Waals surface area contributed by atoms with E-state index in [4.69, 9.17) is 21.3 Å². The number of phenols is 2. The number of phenolic OH excluding ortho intramolecular Hbond substituents is 2. The fourth-order valence-corrected chi connectivity index (χ4v) is 5.50. The molecule has 1 aliphatic rings. The van der Waals surface area contributed by atoms with Crippen molar-refractivity contribution in [3.05, 3.63) is 94.2 Å². The van der Waals surface area contributed by atoms with Gasteiger partial charge in [0.15, 0.2) is 17.3 Å². The number of nitrogens with one attached hydrogen (secondary N) is 3. The molecule has 0 saturated carbocycles. The second kappa shape index (κ2) is 12.3. The van der Waals surface area contributed by atoms with Gasteiger partial charge in [0.1, 0.15) is 17.6 Å². The monoisotopic (exact) mass is 627 g/mol. The van der Waals surface area contributed by atoms with E-state index in [0.717, 1.165) is 22.5 Å². The van der Waals surface area contributed by atoms with E-state index in [1.807, 2.05) is 41.8 Å². The van der Waals surface area contributed by atoms with Crippen LogP contribution in [0.2, 0.25) is 5.02 Å². The van der Waals surface area contributed by atoms with Gasteiger partial charge >= 0.3 is 0 Å². The van der Waals surface area contributed by atoms with Gasteiger partial charge in [0.05, 0.1) is 31.5 Å². The summed E-state index contributed by atoms with van der Waals surface area (Å²) >= 11 is 6.17. The first kappa shape index (κ1) is 29.7. The van der Waals surface area contributed by atoms with Crippen LogP contribution in [0.3, 0.4) is 0 Å². The number of benzene rings is 3. The number of carbonyl (C=O) groups is 2. The molecule has 6 rings (SSSR count). The molecule has 2 amide bonds. The summed E-state index contributed by atoms with van der Waals surface area (Å²) in [6.45, 7) is 1.92. The van der Waals surface area contributed by atoms with Crippen molar-refractivity contribution < 1.29 is 24.5 Å². The molecule has 5 aromatic rings. The fourth-order valence-electron chi connectivity index (χ4n) is 5.37. The lowest BCUT2D eigenvalue weighted by molar-refractivity contribution is -0.126. The molecule has 3 aromatic carbocycles. The highest BCUT2D eigenvalue weighted by Crippen LogP contribution is 2.35. The Labute approximate surface area is 262 Å². The number of hydrogen-bond acceptors (Lipinski definition) is 8. The fraction of sp³-hybridized carbons (Fsp3) is 0.219. The number of aromatic amines is 1. The third-order valence-electron chi connectivity index (χ3n) is 7.60. The Kier molecular flexibility index (Phi) is 8.14. The number of aromatic nitrogens is 4. The average molecular weight is 628 g/mol. The van der Waals surface area contributed by atoms with E-state index in [9.17, 15) is 19.8 Å². The highest BCUT2D eigenvalue weighted by atomic mass is 35.5. The van der Waals surface area contributed by atoms with Crippen LogP contribution in [0.15, 0.2) is 65.7 Å². The van der Waals surface area contributed by atoms with E-state index < -0.39 is 6.04 Å². The van der Waals surface area contributed by atoms with Gasteiger partial charge in [0, 0.05) is 45.7 Å². The van der Waals surface area contributed by atoms with Gasteiger partial charge in [-0.2, -0.15) is 0 Å². The lowest BCUT2D eigenvalue weighted by Crippen LogP contribution is -2.38. The summed E-state index contributed by atoms with van der Waals surface area (Å²) in [6, 6.07) is 17.0. The number of halogens is 1. The maximum Gasteiger partial charge on any atom is 0.239 e. The summed E-state index contributed by atoms with van der Waals surface area (Å²) < 4.78 is 7.39. The summed E-state index contributed by atoms with van der Waals surface area (Å²) in [7, 11) is 1.59. The molecule has 2 aromatic heterocycles. The summed E-state index contributed by atoms with van der Waals surface area (Å²) in [6.07, 6.45) is 0.387. The lowest BCUT2D eigenvalue weighted by Gasteiger charge is -2.14. The predicted molar refractivity (Wildman–Crippen MR) is 168 cm³/mol. The van der Waals surface area contributed by atoms with Crippen molar-refractivity contribution in [2.45, 2.75) is 25.8 Å². The number of ether oxygens (including phenoxy) is 1. The zero-order chi connectivity index (χ0) is 31.7. The Morgan fingerprint density at radius 1 is 1.02 bits per heavy atom. The van der Waals surface area contributed by atoms with Gasteiger partial charge < -0.3 is 30.6 Å². The van der Waals surface area contributed by atoms with Crippen LogP contribution in [0.4, 0.5) is 0 Å². The largest absolute Gasteiger partial charge is 0.504 e. The van der Waals surface area contributed by atoms with Crippen molar-refractivity contribution in [2.75, 3.05) is 20.2 Å². The number of fused-ring (bicyclic) bond motifs is 4. The Balaban J connectivity index is 1.16. The zero-order valence-electron chi connectivity index (χ0n) is 24.5. The molecule has 0 fully saturated rings. The van der Waals surface area contributed by atoms with Gasteiger partial charge in [-0.05, 0) is 55.5 Å². The normalized spacial score (nSPS) is 13.8. The maximum absolute atomic E-state index is 13.2. The van der Waals surface area contributed by atoms with Crippen LogP contribution in [-0.2, 0) is 16.0 Å². The number of hydrogen-bond donors (Lipinski definition) is 5. The highest BCUT2D eigenvalue weighted by molar-refractivity contribution is 6.30. The Bertz CT molecular complexity index is 1950. The molecule has 0 radical (unpaired) electrons. The van der Waals surface area contributed by atoms with Gasteiger partial charge in [-0.25, -0.2) is 0 Å². The van der Waals surface area contributed by atoms with E-state index in [-0.39, 0.29) is 36.3 Å². The van der Waals surface area contributed by atoms with Crippen LogP contribution in [0.1, 0.15) is 40.9 Å². The third-order valence-corrected chi connectivity index (χ3v) is 7.85. The van der Waals surface area contributed by atoms with Gasteiger partial charge in [-0.15, -0.1) is 10.2 Å². The van der Waals surface area contributed by atoms with Crippen LogP contribution in [0, 0.1) is 6.92 Å². The second-order valence-electron chi connectivity index (χ2n) is 10.6. The standard InChI is InChI=1S/C32H30ClN7O5/c1-17-38-39-32-25(37-30(18-3-5-19(33)6-4-18)23-14-21(45-2)7-9-26(23)40(17)32)15-28(42)35-16-29(43)34-12-11-20-13-22-24(36-20)8-10-27(41)31(22)44/h3-10,13-14,25,36,41,44H,11-12,15-16H2,1-2H3,(H,34,43)(H,35,42)/t25-/m0/s1. The van der Waals surface area contributed by atoms with Crippen molar-refractivity contribution in [2.24, 2.45) is 4.99 Å². The van der Waals surface area contributed by atoms with Gasteiger partial charge in [-0.1, -0.05) is 23.7 Å². The summed E-state index contributed by atoms with van der Waals surface area (Å²) in [5, 5.41) is 35.0. The Morgan fingerprint density at radius 2 is 1.82 bits per heavy atom. The number of methoxy groups -OCH3 is 1. The number of aromatic hydroxyl groups is 2. The molecular weight excluding hydrogens is 598 g/mol. The number of nitrogens with zero attached hydrogens (tertiary/aromatic N) is 4. The number of H-pyrrole nitrogens is 1. The molecule has 5 N–H and O–H groups in total. The quantitative estimate of drug-likeness (QED) is 0.155. The molecule has 1 atom stereocenters. The molecule has 12 nitrogen and oxygen atoms in total. The first-order valence-electron chi connectivity index (χ1n) is 14.2. The van der Waals surface area contributed by atoms with Crippen LogP contribution < -0.4 is 15.4 Å². The number of aryl methyl sites for hydroxylation is 1. The van der Waals surface area contributed by atoms with Crippen molar-refractivity contribution in [3.63, 3.8) is 0 Å². The molecule has 0 spiro atoms. The van der Waals surface area contributed by atoms with Crippen LogP contribution in [-0.4, -0.2) is 67.7 Å². The maximum atomic E-state index is 13.2. The van der Waals surface area contributed by atoms with E-state index >= 15 is 0 Å². The van der Waals surface area contributed by atoms with E-state index in [2.05, 4.69) is 25.8 Å². The van der Waals surface area contributed by atoms with Crippen LogP contribution in [0.25, 0.3) is 16.6 Å². The number of rotatable bonds is 9. The minimum atomic E-state index is -0.698. The lowest BCUT2D eigenvalue weighted by atomic mass is 10.00. The molecule has 3 heterocycles. The van der Waals surface area contributed by atoms with E-state index in [0.29, 0.717) is 52.0 Å². The third kappa shape index (κ3) is 6.04. The van der Waals surface area contributed by atoms with E-state index in [1.165, 1.54) is 6.07 Å². The highest BCUT2D eigenvalue weighted by Gasteiger charge is 2.30. The molecule has 230 valence electrons. The smallest absolute Gasteiger partial charge is 0.239 e. The predicted octanol–water partition coefficient (Wildman–Crippen LogP) is 3.89. The van der Waals surface area contributed by atoms with E-state index in [1.54, 1.807) is 31.4 Å². The SMILES string of the molecule is COc1ccc2c(c1)C(c1ccc(Cl)cc1)=N[C@@H](CC(=O)NCC(=O)NCCc1cc3c(O)c(O)ccc3[nH]1)c1nnc(C)n1-2. The van der Waals surface area contributed by atoms with Crippen LogP contribution >= 0.6 is 11.6 Å². The van der Waals surface area contributed by atoms with Crippen molar-refractivity contribution in [3.8, 4) is 22.9 Å². The number of amides is 2. The molecular formula is C32H30ClN7O5. The second-order valence-corrected chi connectivity index (χ2v) is 11.0. The molecule has 0 bridgehead atoms. The molecule has 1 aliphatic heterocycles. The minimum Gasteiger partial charge on any atom is -0.504 e. The van der Waals surface area contributed by atoms with Gasteiger partial charge in [0.2, 0.25) is 11.8 Å². The molecule has 0 unspecified atom stereocenters. The first-order valence-corrected chi connectivity index (χ1v) is 14.6. The topological polar surface area (TPSA) is 167 Å².